The molecule has 0 aromatic heterocycles. The molecule has 15 rings (SSSR count). The van der Waals surface area contributed by atoms with Crippen LogP contribution in [0.1, 0.15) is 187 Å². The monoisotopic (exact) mass is 2050 g/mol. The van der Waals surface area contributed by atoms with Crippen LogP contribution in [0.15, 0.2) is 72.8 Å². The van der Waals surface area contributed by atoms with Gasteiger partial charge < -0.3 is 88.7 Å². The number of hydrogen-bond acceptors (Lipinski definition) is 30. The molecule has 142 heavy (non-hydrogen) atoms. The summed E-state index contributed by atoms with van der Waals surface area (Å²) in [6.45, 7) is 4.99. The van der Waals surface area contributed by atoms with E-state index >= 15 is 9.59 Å². The van der Waals surface area contributed by atoms with Crippen molar-refractivity contribution in [1.29, 1.82) is 0 Å². The SMILES string of the molecule is COCCOCCC(=O)CCCCC[C@@H]1NC(=O)[C@H](C)CC(=O)CN2C(=O)CCN3C(=O)CC(SCSC4CC(=O)N(CCC(=O)N2CC(=O)C[C@@H](C)C(=O)N[C@@H](CCCCNC(=O)CCOCCOC)C(=O)Nc2ccc(cc2)COC(=O)N2[CH-][C@@H]5CCCN5C(=O)c5cc(OC)c(cc52)OCCCOc2cc5c(cc2OC)C(=O)N2CCC[C@H]2C(C)N5C(=O)OCc2ccc(cc2)NC1=O)C4=O)C3=O.[V]. The van der Waals surface area contributed by atoms with Crippen LogP contribution in [-0.4, -0.2) is 309 Å². The minimum atomic E-state index is -1.32. The third-order valence-corrected chi connectivity index (χ3v) is 28.3. The zero-order valence-electron chi connectivity index (χ0n) is 81.1. The van der Waals surface area contributed by atoms with Crippen molar-refractivity contribution < 1.29 is 152 Å². The molecular formula is C98H126N13O28S2V-. The Hall–Kier alpha value is -11.7. The van der Waals surface area contributed by atoms with E-state index in [1.165, 1.54) is 82.4 Å². The van der Waals surface area contributed by atoms with E-state index in [2.05, 4.69) is 26.6 Å². The van der Waals surface area contributed by atoms with Gasteiger partial charge in [0.15, 0.2) is 34.6 Å². The summed E-state index contributed by atoms with van der Waals surface area (Å²) < 4.78 is 57.5. The first-order valence-corrected chi connectivity index (χ1v) is 50.0. The van der Waals surface area contributed by atoms with Crippen molar-refractivity contribution in [3.05, 3.63) is 102 Å². The predicted octanol–water partition coefficient (Wildman–Crippen LogP) is 7.63. The summed E-state index contributed by atoms with van der Waals surface area (Å²) in [7, 11) is 5.88. The number of rotatable bonds is 25. The molecule has 5 saturated heterocycles. The van der Waals surface area contributed by atoms with Crippen LogP contribution in [0, 0.1) is 18.4 Å². The van der Waals surface area contributed by atoms with Crippen molar-refractivity contribution in [3.8, 4) is 23.0 Å². The average Bonchev–Trinajstić information content (AvgIpc) is 1.63. The van der Waals surface area contributed by atoms with Crippen molar-refractivity contribution in [1.82, 2.24) is 45.6 Å². The molecule has 41 nitrogen and oxygen atoms in total. The van der Waals surface area contributed by atoms with Gasteiger partial charge in [-0.3, -0.25) is 91.4 Å². The summed E-state index contributed by atoms with van der Waals surface area (Å²) in [5.41, 5.74) is 2.02. The van der Waals surface area contributed by atoms with Crippen LogP contribution in [0.4, 0.5) is 32.3 Å². The fourth-order valence-corrected chi connectivity index (χ4v) is 20.5. The van der Waals surface area contributed by atoms with E-state index in [9.17, 15) is 76.7 Å². The quantitative estimate of drug-likeness (QED) is 0.0242. The maximum atomic E-state index is 15.1. The molecule has 11 aliphatic heterocycles. The van der Waals surface area contributed by atoms with E-state index in [-0.39, 0.29) is 215 Å². The van der Waals surface area contributed by atoms with Crippen molar-refractivity contribution in [3.63, 3.8) is 0 Å². The smallest absolute Gasteiger partial charge is 0.414 e. The molecule has 1 radical (unpaired) electrons. The predicted molar refractivity (Wildman–Crippen MR) is 513 cm³/mol. The number of fused-ring (bicyclic) bond motifs is 6. The van der Waals surface area contributed by atoms with Gasteiger partial charge in [-0.25, -0.2) is 26.2 Å². The molecule has 9 atom stereocenters. The summed E-state index contributed by atoms with van der Waals surface area (Å²) in [6.07, 6.45) is -0.250. The third-order valence-electron chi connectivity index (χ3n) is 25.7. The number of thioether (sulfide) groups is 2. The molecule has 11 aliphatic rings. The summed E-state index contributed by atoms with van der Waals surface area (Å²) in [5.74, 6) is -12.6. The van der Waals surface area contributed by atoms with Gasteiger partial charge >= 0.3 is 12.2 Å². The second-order valence-corrected chi connectivity index (χ2v) is 38.5. The largest absolute Gasteiger partial charge is 0.493 e. The standard InChI is InChI=1S/C98H126N13O28S2.V/c1-60-46-69(113)55-109-85(116)29-36-106-87(118)52-82(95(106)126)140-59-141-83-53-88(119)107(96(83)127)37-30-86(117)110(109)56-70(114)47-61(2)90(121)103-74(19-11-12-33-99-84(115)32-41-135-45-43-131-5)92(123)101-65-25-21-63(22-26-65)57-138-97(128)108-54-67-16-13-34-104(67)93(124)71-48-78(132-6)80(50-76(71)108)136-38-15-39-137-81-51-77-72(49-79(81)133-7)94(125)105-35-14-20-75(105)62(3)111(77)98(129)139-58-64-23-27-66(28-24-64)100-91(122)73(102-89(60)120)18-10-8-9-17-68(112)31-40-134-44-42-130-4;/h21-28,48-51,54,60-62,67,73-75,82-83H,8-20,29-47,52-53,55-59H2,1-7H3,(H,99,115)(H,100,122)(H,101,123)(H,102,120)(H,103,121);/q-1;/t60-,61-,62?,67+,73+,74+,75+,82?,83?;/m1./s1. The Morgan fingerprint density at radius 1 is 0.493 bits per heavy atom. The number of carbonyl (C=O) groups is 18. The van der Waals surface area contributed by atoms with E-state index < -0.39 is 187 Å². The number of imide groups is 2. The van der Waals surface area contributed by atoms with Gasteiger partial charge in [-0.05, 0) is 106 Å². The fraction of sp³-hybridized carbons (Fsp3) is 0.561. The Bertz CT molecular complexity index is 5170. The molecule has 11 heterocycles. The Labute approximate surface area is 844 Å². The number of methoxy groups -OCH3 is 4. The first-order chi connectivity index (χ1) is 67.9. The molecule has 12 bridgehead atoms. The van der Waals surface area contributed by atoms with Crippen LogP contribution in [0.25, 0.3) is 0 Å². The molecule has 4 aromatic carbocycles. The minimum absolute atomic E-state index is 0. The van der Waals surface area contributed by atoms with Gasteiger partial charge in [-0.2, -0.15) is 0 Å². The third kappa shape index (κ3) is 29.7. The molecule has 5 N–H and O–H groups in total. The van der Waals surface area contributed by atoms with Crippen molar-refractivity contribution in [2.75, 3.05) is 153 Å². The van der Waals surface area contributed by atoms with E-state index in [0.29, 0.717) is 105 Å². The minimum Gasteiger partial charge on any atom is -0.493 e. The number of ether oxygens (including phenoxy) is 10. The second kappa shape index (κ2) is 54.1. The molecule has 15 amide bonds. The Balaban J connectivity index is 0.0000193. The van der Waals surface area contributed by atoms with Gasteiger partial charge in [0.25, 0.3) is 11.8 Å². The van der Waals surface area contributed by atoms with Crippen LogP contribution in [0.3, 0.4) is 0 Å². The van der Waals surface area contributed by atoms with Crippen molar-refractivity contribution in [2.45, 2.75) is 210 Å². The Kier molecular flexibility index (Phi) is 42.2. The maximum Gasteiger partial charge on any atom is 0.414 e. The van der Waals surface area contributed by atoms with Gasteiger partial charge in [0, 0.05) is 176 Å². The number of nitrogens with zero attached hydrogens (tertiary/aromatic N) is 8. The normalized spacial score (nSPS) is 22.9. The van der Waals surface area contributed by atoms with Crippen LogP contribution >= 0.6 is 23.5 Å². The molecule has 44 heteroatoms. The Morgan fingerprint density at radius 2 is 0.979 bits per heavy atom. The zero-order valence-corrected chi connectivity index (χ0v) is 84.1. The summed E-state index contributed by atoms with van der Waals surface area (Å²) in [4.78, 5) is 266. The fourth-order valence-electron chi connectivity index (χ4n) is 17.8. The number of amides is 15. The van der Waals surface area contributed by atoms with Gasteiger partial charge in [-0.15, -0.1) is 23.5 Å². The molecule has 4 aromatic rings. The summed E-state index contributed by atoms with van der Waals surface area (Å²) in [5, 5.41) is 13.5. The number of benzene rings is 4. The molecule has 3 unspecified atom stereocenters. The van der Waals surface area contributed by atoms with Crippen LogP contribution < -0.4 is 55.3 Å². The van der Waals surface area contributed by atoms with Crippen molar-refractivity contribution in [2.24, 2.45) is 11.8 Å². The number of hydrogen-bond donors (Lipinski definition) is 5. The number of hydrazine groups is 1. The van der Waals surface area contributed by atoms with Crippen LogP contribution in [0.2, 0.25) is 0 Å². The van der Waals surface area contributed by atoms with Crippen molar-refractivity contribution >= 4 is 153 Å². The first kappa shape index (κ1) is 111. The Morgan fingerprint density at radius 3 is 1.51 bits per heavy atom. The van der Waals surface area contributed by atoms with Gasteiger partial charge in [0.05, 0.1) is 106 Å². The maximum absolute atomic E-state index is 15.1. The number of anilines is 4. The van der Waals surface area contributed by atoms with E-state index in [0.717, 1.165) is 33.3 Å². The number of ketones is 3. The number of carbonyl (C=O) groups excluding carboxylic acids is 18. The van der Waals surface area contributed by atoms with Crippen LogP contribution in [0.5, 0.6) is 23.0 Å². The van der Waals surface area contributed by atoms with E-state index in [4.69, 9.17) is 47.4 Å². The topological polar surface area (TPSA) is 486 Å². The number of nitrogens with one attached hydrogen (secondary N) is 5. The van der Waals surface area contributed by atoms with Gasteiger partial charge in [0.1, 0.15) is 44.2 Å². The molecular weight excluding hydrogens is 1920 g/mol. The van der Waals surface area contributed by atoms with E-state index in [1.54, 1.807) is 58.8 Å². The summed E-state index contributed by atoms with van der Waals surface area (Å²) in [6, 6.07) is 14.5. The van der Waals surface area contributed by atoms with E-state index in [1.807, 2.05) is 6.92 Å². The van der Waals surface area contributed by atoms with Gasteiger partial charge in [0.2, 0.25) is 65.0 Å². The van der Waals surface area contributed by atoms with Gasteiger partial charge in [-0.1, -0.05) is 63.4 Å². The molecule has 0 aliphatic carbocycles. The average molecular weight is 2050 g/mol. The first-order valence-electron chi connectivity index (χ1n) is 47.9. The molecule has 769 valence electrons. The summed E-state index contributed by atoms with van der Waals surface area (Å²) >= 11 is 2.15. The zero-order chi connectivity index (χ0) is 101. The second-order valence-electron chi connectivity index (χ2n) is 35.7. The molecule has 5 fully saturated rings. The molecule has 0 spiro atoms. The number of Topliss-reactive ketones (excluding diaryl/α,β-unsaturated/α-hetero) is 3. The van der Waals surface area contributed by atoms with Crippen LogP contribution in [-0.2, 0) is 127 Å². The molecule has 0 saturated carbocycles. The number of unbranched alkanes of at least 4 members (excludes halogenated alkanes) is 3.